The van der Waals surface area contributed by atoms with E-state index in [2.05, 4.69) is 10.3 Å². The van der Waals surface area contributed by atoms with Crippen molar-refractivity contribution in [3.8, 4) is 0 Å². The molecule has 0 aromatic heterocycles. The fraction of sp³-hybridized carbons (Fsp3) is 0.579. The Labute approximate surface area is 162 Å². The van der Waals surface area contributed by atoms with Gasteiger partial charge in [-0.15, -0.1) is 11.8 Å². The Bertz CT molecular complexity index is 711. The zero-order chi connectivity index (χ0) is 18.8. The van der Waals surface area contributed by atoms with Crippen LogP contribution in [0.25, 0.3) is 0 Å². The number of halogens is 1. The molecule has 3 N–H and O–H groups in total. The van der Waals surface area contributed by atoms with Crippen molar-refractivity contribution in [2.45, 2.75) is 49.3 Å². The molecule has 1 aromatic carbocycles. The van der Waals surface area contributed by atoms with Gasteiger partial charge in [-0.1, -0.05) is 12.1 Å². The summed E-state index contributed by atoms with van der Waals surface area (Å²) >= 11 is 1.79. The Balaban J connectivity index is 1.52. The number of nitrogens with zero attached hydrogens (tertiary/aromatic N) is 2. The molecule has 3 aliphatic rings. The minimum absolute atomic E-state index is 0.115. The number of rotatable bonds is 4. The van der Waals surface area contributed by atoms with Gasteiger partial charge in [0.15, 0.2) is 0 Å². The summed E-state index contributed by atoms with van der Waals surface area (Å²) in [4.78, 5) is 17.6. The van der Waals surface area contributed by atoms with Crippen molar-refractivity contribution in [3.63, 3.8) is 0 Å². The van der Waals surface area contributed by atoms with E-state index in [0.29, 0.717) is 17.2 Å². The lowest BCUT2D eigenvalue weighted by Crippen LogP contribution is -2.50. The van der Waals surface area contributed by atoms with Gasteiger partial charge < -0.3 is 10.5 Å². The summed E-state index contributed by atoms with van der Waals surface area (Å²) in [5.74, 6) is -0.0412. The molecule has 2 aliphatic heterocycles. The predicted octanol–water partition coefficient (Wildman–Crippen LogP) is 2.73. The van der Waals surface area contributed by atoms with Gasteiger partial charge in [-0.05, 0) is 37.8 Å². The molecular formula is C19H25FN4O2S. The number of hydrogen-bond donors (Lipinski definition) is 2. The Kier molecular flexibility index (Phi) is 5.66. The molecular weight excluding hydrogens is 367 g/mol. The number of primary amides is 1. The maximum Gasteiger partial charge on any atom is 0.319 e. The van der Waals surface area contributed by atoms with Crippen molar-refractivity contribution >= 4 is 29.0 Å². The molecule has 1 aliphatic carbocycles. The minimum atomic E-state index is -0.684. The van der Waals surface area contributed by atoms with E-state index in [4.69, 9.17) is 10.5 Å². The van der Waals surface area contributed by atoms with Crippen LogP contribution < -0.4 is 16.0 Å². The van der Waals surface area contributed by atoms with Crippen LogP contribution in [-0.2, 0) is 4.74 Å². The number of nitrogens with one attached hydrogen (secondary N) is 1. The maximum absolute atomic E-state index is 14.2. The topological polar surface area (TPSA) is 80.0 Å². The second-order valence-corrected chi connectivity index (χ2v) is 8.49. The van der Waals surface area contributed by atoms with E-state index in [-0.39, 0.29) is 24.6 Å². The molecule has 2 fully saturated rings. The van der Waals surface area contributed by atoms with E-state index in [1.807, 2.05) is 5.55 Å². The third kappa shape index (κ3) is 4.12. The molecule has 0 spiro atoms. The zero-order valence-corrected chi connectivity index (χ0v) is 15.9. The lowest BCUT2D eigenvalue weighted by atomic mass is 9.92. The Morgan fingerprint density at radius 3 is 3.00 bits per heavy atom. The van der Waals surface area contributed by atoms with Gasteiger partial charge in [-0.25, -0.2) is 9.18 Å². The van der Waals surface area contributed by atoms with Crippen molar-refractivity contribution in [2.75, 3.05) is 18.0 Å². The standard InChI is InChI=1S/C19H25FN4O2S/c20-14-5-1-2-6-15(14)24(19(21)25)10-18-23-12-4-3-7-16(26-18)13(8-12)17-9-22-11-27-17/h1-2,5-6,11-13,16-18,23H,3-4,7-10H2,(H2,21,25). The number of carbonyl (C=O) groups excluding carboxylic acids is 1. The minimum Gasteiger partial charge on any atom is -0.358 e. The normalized spacial score (nSPS) is 32.9. The molecule has 5 unspecified atom stereocenters. The number of amides is 2. The Morgan fingerprint density at radius 1 is 1.41 bits per heavy atom. The van der Waals surface area contributed by atoms with Crippen molar-refractivity contribution < 1.29 is 13.9 Å². The third-order valence-electron chi connectivity index (χ3n) is 5.67. The van der Waals surface area contributed by atoms with Crippen molar-refractivity contribution in [1.82, 2.24) is 5.32 Å². The molecule has 5 atom stereocenters. The van der Waals surface area contributed by atoms with Crippen LogP contribution in [0.2, 0.25) is 0 Å². The monoisotopic (exact) mass is 392 g/mol. The quantitative estimate of drug-likeness (QED) is 0.826. The number of benzene rings is 1. The summed E-state index contributed by atoms with van der Waals surface area (Å²) in [6.07, 6.45) is 4.00. The van der Waals surface area contributed by atoms with Gasteiger partial charge in [0.1, 0.15) is 12.0 Å². The average Bonchev–Trinajstić information content (AvgIpc) is 3.02. The van der Waals surface area contributed by atoms with E-state index in [1.165, 1.54) is 11.0 Å². The first-order valence-electron chi connectivity index (χ1n) is 9.48. The van der Waals surface area contributed by atoms with Crippen LogP contribution in [0.4, 0.5) is 14.9 Å². The molecule has 27 heavy (non-hydrogen) atoms. The summed E-state index contributed by atoms with van der Waals surface area (Å²) in [7, 11) is 0. The molecule has 2 heterocycles. The molecule has 4 rings (SSSR count). The summed E-state index contributed by atoms with van der Waals surface area (Å²) in [5, 5.41) is 3.98. The molecule has 2 amide bonds. The first-order chi connectivity index (χ1) is 13.1. The molecule has 8 heteroatoms. The number of nitrogens with two attached hydrogens (primary N) is 1. The van der Waals surface area contributed by atoms with Gasteiger partial charge in [0.25, 0.3) is 0 Å². The van der Waals surface area contributed by atoms with E-state index in [1.54, 1.807) is 30.0 Å². The summed E-state index contributed by atoms with van der Waals surface area (Å²) < 4.78 is 20.6. The number of para-hydroxylation sites is 1. The molecule has 1 saturated carbocycles. The van der Waals surface area contributed by atoms with Crippen molar-refractivity contribution in [3.05, 3.63) is 30.1 Å². The van der Waals surface area contributed by atoms with Gasteiger partial charge in [-0.2, -0.15) is 0 Å². The second kappa shape index (κ2) is 8.16. The molecule has 1 saturated heterocycles. The number of hydrogen-bond acceptors (Lipinski definition) is 5. The van der Waals surface area contributed by atoms with Crippen LogP contribution >= 0.6 is 11.8 Å². The molecule has 1 aromatic rings. The average molecular weight is 393 g/mol. The number of ether oxygens (including phenoxy) is 1. The first-order valence-corrected chi connectivity index (χ1v) is 10.4. The highest BCUT2D eigenvalue weighted by Gasteiger charge is 2.41. The number of thioether (sulfide) groups is 1. The van der Waals surface area contributed by atoms with E-state index < -0.39 is 11.8 Å². The summed E-state index contributed by atoms with van der Waals surface area (Å²) in [6, 6.07) is 5.81. The highest BCUT2D eigenvalue weighted by Crippen LogP contribution is 2.38. The number of aliphatic imine (C=N–C) groups is 1. The van der Waals surface area contributed by atoms with E-state index in [0.717, 1.165) is 32.2 Å². The first kappa shape index (κ1) is 18.7. The zero-order valence-electron chi connectivity index (χ0n) is 15.1. The van der Waals surface area contributed by atoms with E-state index >= 15 is 0 Å². The summed E-state index contributed by atoms with van der Waals surface area (Å²) in [6.45, 7) is 1.03. The number of anilines is 1. The fourth-order valence-electron chi connectivity index (χ4n) is 4.39. The van der Waals surface area contributed by atoms with Gasteiger partial charge in [-0.3, -0.25) is 15.2 Å². The Hall–Kier alpha value is -1.64. The van der Waals surface area contributed by atoms with Gasteiger partial charge in [0.05, 0.1) is 30.4 Å². The Morgan fingerprint density at radius 2 is 2.26 bits per heavy atom. The van der Waals surface area contributed by atoms with Crippen molar-refractivity contribution in [1.29, 1.82) is 0 Å². The highest BCUT2D eigenvalue weighted by molar-refractivity contribution is 8.12. The van der Waals surface area contributed by atoms with Crippen LogP contribution in [0.1, 0.15) is 25.7 Å². The maximum atomic E-state index is 14.2. The van der Waals surface area contributed by atoms with Crippen LogP contribution in [-0.4, -0.2) is 48.3 Å². The lowest BCUT2D eigenvalue weighted by molar-refractivity contribution is -0.0471. The number of carbonyl (C=O) groups is 1. The predicted molar refractivity (Wildman–Crippen MR) is 106 cm³/mol. The largest absolute Gasteiger partial charge is 0.358 e. The van der Waals surface area contributed by atoms with Crippen molar-refractivity contribution in [2.24, 2.45) is 16.6 Å². The molecule has 0 radical (unpaired) electrons. The highest BCUT2D eigenvalue weighted by atomic mass is 32.2. The van der Waals surface area contributed by atoms with Gasteiger partial charge in [0, 0.05) is 17.2 Å². The number of urea groups is 1. The number of fused-ring (bicyclic) bond motifs is 3. The third-order valence-corrected chi connectivity index (χ3v) is 6.79. The molecule has 2 bridgehead atoms. The SMILES string of the molecule is NC(=O)N(CC1NC2CCCC(O1)C(C1CN=CS1)C2)c1ccccc1F. The summed E-state index contributed by atoms with van der Waals surface area (Å²) in [5.41, 5.74) is 7.68. The lowest BCUT2D eigenvalue weighted by Gasteiger charge is -2.32. The van der Waals surface area contributed by atoms with Gasteiger partial charge in [0.2, 0.25) is 0 Å². The fourth-order valence-corrected chi connectivity index (χ4v) is 5.38. The van der Waals surface area contributed by atoms with Crippen LogP contribution in [0.15, 0.2) is 29.3 Å². The molecule has 6 nitrogen and oxygen atoms in total. The van der Waals surface area contributed by atoms with Gasteiger partial charge >= 0.3 is 6.03 Å². The molecule has 146 valence electrons. The smallest absolute Gasteiger partial charge is 0.319 e. The van der Waals surface area contributed by atoms with Crippen LogP contribution in [0, 0.1) is 11.7 Å². The van der Waals surface area contributed by atoms with Crippen LogP contribution in [0.5, 0.6) is 0 Å². The van der Waals surface area contributed by atoms with E-state index in [9.17, 15) is 9.18 Å². The second-order valence-electron chi connectivity index (χ2n) is 7.40. The van der Waals surface area contributed by atoms with Crippen LogP contribution in [0.3, 0.4) is 0 Å².